The van der Waals surface area contributed by atoms with Crippen molar-refractivity contribution >= 4 is 17.7 Å². The minimum Gasteiger partial charge on any atom is -0.342 e. The Morgan fingerprint density at radius 3 is 2.54 bits per heavy atom. The van der Waals surface area contributed by atoms with E-state index in [1.165, 1.54) is 12.1 Å². The maximum atomic E-state index is 13.1. The lowest BCUT2D eigenvalue weighted by molar-refractivity contribution is -0.156. The molecule has 0 aliphatic carbocycles. The third-order valence-corrected chi connectivity index (χ3v) is 5.93. The molecule has 0 unspecified atom stereocenters. The topological polar surface area (TPSA) is 81.8 Å². The van der Waals surface area contributed by atoms with Gasteiger partial charge in [0.1, 0.15) is 17.9 Å². The molecule has 3 fully saturated rings. The first-order valence-electron chi connectivity index (χ1n) is 9.88. The second-order valence-corrected chi connectivity index (χ2v) is 7.75. The molecule has 3 aliphatic rings. The number of nitrogens with one attached hydrogen (secondary N) is 2. The molecule has 3 aliphatic heterocycles. The highest BCUT2D eigenvalue weighted by molar-refractivity contribution is 5.98. The van der Waals surface area contributed by atoms with Crippen LogP contribution in [0, 0.1) is 11.7 Å². The van der Waals surface area contributed by atoms with Crippen LogP contribution in [0.1, 0.15) is 18.4 Å². The maximum Gasteiger partial charge on any atom is 0.246 e. The molecule has 0 bridgehead atoms. The average molecular weight is 388 g/mol. The van der Waals surface area contributed by atoms with Crippen molar-refractivity contribution in [3.8, 4) is 0 Å². The first-order chi connectivity index (χ1) is 13.5. The van der Waals surface area contributed by atoms with E-state index in [1.807, 2.05) is 0 Å². The molecule has 0 spiro atoms. The minimum absolute atomic E-state index is 0.00128. The first-order valence-corrected chi connectivity index (χ1v) is 9.88. The number of piperidine rings is 1. The van der Waals surface area contributed by atoms with Gasteiger partial charge in [0.15, 0.2) is 0 Å². The molecule has 2 atom stereocenters. The van der Waals surface area contributed by atoms with Crippen molar-refractivity contribution in [3.63, 3.8) is 0 Å². The number of carbonyl (C=O) groups is 3. The van der Waals surface area contributed by atoms with Crippen LogP contribution in [0.4, 0.5) is 4.39 Å². The zero-order valence-electron chi connectivity index (χ0n) is 15.7. The number of carbonyl (C=O) groups excluding carboxylic acids is 3. The van der Waals surface area contributed by atoms with Gasteiger partial charge in [0, 0.05) is 25.4 Å². The van der Waals surface area contributed by atoms with Crippen LogP contribution in [-0.4, -0.2) is 72.3 Å². The van der Waals surface area contributed by atoms with E-state index in [9.17, 15) is 18.8 Å². The number of benzene rings is 1. The van der Waals surface area contributed by atoms with Crippen molar-refractivity contribution in [2.75, 3.05) is 32.7 Å². The van der Waals surface area contributed by atoms with E-state index in [2.05, 4.69) is 10.6 Å². The Morgan fingerprint density at radius 2 is 1.82 bits per heavy atom. The molecular formula is C20H25FN4O3. The number of nitrogens with zero attached hydrogens (tertiary/aromatic N) is 2. The second kappa shape index (κ2) is 7.87. The predicted molar refractivity (Wildman–Crippen MR) is 99.7 cm³/mol. The molecule has 4 rings (SSSR count). The van der Waals surface area contributed by atoms with Gasteiger partial charge in [0.05, 0.1) is 6.54 Å². The van der Waals surface area contributed by atoms with Crippen LogP contribution in [0.2, 0.25) is 0 Å². The van der Waals surface area contributed by atoms with Gasteiger partial charge in [-0.1, -0.05) is 12.1 Å². The number of fused-ring (bicyclic) bond motifs is 1. The SMILES string of the molecule is O=C1N[C@@H](Cc2ccc(F)cc2)C(=O)N2CCN(C(=O)C3CCNCC3)C[C@H]12. The first kappa shape index (κ1) is 18.9. The van der Waals surface area contributed by atoms with Crippen molar-refractivity contribution in [3.05, 3.63) is 35.6 Å². The van der Waals surface area contributed by atoms with Gasteiger partial charge in [0.25, 0.3) is 0 Å². The van der Waals surface area contributed by atoms with Crippen LogP contribution in [-0.2, 0) is 20.8 Å². The number of amides is 3. The van der Waals surface area contributed by atoms with Crippen molar-refractivity contribution in [2.45, 2.75) is 31.3 Å². The molecule has 3 amide bonds. The van der Waals surface area contributed by atoms with Crippen molar-refractivity contribution in [1.29, 1.82) is 0 Å². The van der Waals surface area contributed by atoms with E-state index in [0.717, 1.165) is 31.5 Å². The van der Waals surface area contributed by atoms with E-state index in [1.54, 1.807) is 21.9 Å². The molecule has 0 aromatic heterocycles. The summed E-state index contributed by atoms with van der Waals surface area (Å²) in [5.41, 5.74) is 0.790. The second-order valence-electron chi connectivity index (χ2n) is 7.75. The summed E-state index contributed by atoms with van der Waals surface area (Å²) in [6.45, 7) is 2.76. The molecule has 150 valence electrons. The molecule has 1 aromatic rings. The van der Waals surface area contributed by atoms with E-state index >= 15 is 0 Å². The molecule has 2 N–H and O–H groups in total. The monoisotopic (exact) mass is 388 g/mol. The highest BCUT2D eigenvalue weighted by Crippen LogP contribution is 2.22. The number of hydrogen-bond donors (Lipinski definition) is 2. The Balaban J connectivity index is 1.41. The standard InChI is InChI=1S/C20H25FN4O3/c21-15-3-1-13(2-4-15)11-16-20(28)25-10-9-24(12-17(25)18(26)23-16)19(27)14-5-7-22-8-6-14/h1-4,14,16-17,22H,5-12H2,(H,23,26)/t16-,17+/m0/s1. The Hall–Kier alpha value is -2.48. The lowest BCUT2D eigenvalue weighted by Crippen LogP contribution is -2.70. The van der Waals surface area contributed by atoms with Crippen LogP contribution in [0.3, 0.4) is 0 Å². The fourth-order valence-corrected chi connectivity index (χ4v) is 4.32. The number of halogens is 1. The summed E-state index contributed by atoms with van der Waals surface area (Å²) >= 11 is 0. The summed E-state index contributed by atoms with van der Waals surface area (Å²) in [5, 5.41) is 6.05. The lowest BCUT2D eigenvalue weighted by atomic mass is 9.94. The third-order valence-electron chi connectivity index (χ3n) is 5.93. The zero-order chi connectivity index (χ0) is 19.7. The van der Waals surface area contributed by atoms with Crippen molar-refractivity contribution in [1.82, 2.24) is 20.4 Å². The van der Waals surface area contributed by atoms with Crippen LogP contribution >= 0.6 is 0 Å². The van der Waals surface area contributed by atoms with Gasteiger partial charge in [-0.15, -0.1) is 0 Å². The number of rotatable bonds is 3. The Morgan fingerprint density at radius 1 is 1.11 bits per heavy atom. The van der Waals surface area contributed by atoms with Crippen molar-refractivity contribution < 1.29 is 18.8 Å². The van der Waals surface area contributed by atoms with Gasteiger partial charge in [-0.25, -0.2) is 4.39 Å². The largest absolute Gasteiger partial charge is 0.342 e. The molecule has 28 heavy (non-hydrogen) atoms. The maximum absolute atomic E-state index is 13.1. The molecule has 3 heterocycles. The lowest BCUT2D eigenvalue weighted by Gasteiger charge is -2.46. The van der Waals surface area contributed by atoms with Crippen LogP contribution in [0.5, 0.6) is 0 Å². The van der Waals surface area contributed by atoms with E-state index in [-0.39, 0.29) is 36.0 Å². The quantitative estimate of drug-likeness (QED) is 0.758. The highest BCUT2D eigenvalue weighted by atomic mass is 19.1. The summed E-state index contributed by atoms with van der Waals surface area (Å²) in [5.74, 6) is -0.606. The summed E-state index contributed by atoms with van der Waals surface area (Å²) < 4.78 is 13.1. The van der Waals surface area contributed by atoms with Gasteiger partial charge in [-0.2, -0.15) is 0 Å². The fraction of sp³-hybridized carbons (Fsp3) is 0.550. The smallest absolute Gasteiger partial charge is 0.246 e. The summed E-state index contributed by atoms with van der Waals surface area (Å²) in [4.78, 5) is 41.7. The minimum atomic E-state index is -0.652. The summed E-state index contributed by atoms with van der Waals surface area (Å²) in [6, 6.07) is 4.65. The fourth-order valence-electron chi connectivity index (χ4n) is 4.32. The third kappa shape index (κ3) is 3.73. The molecule has 3 saturated heterocycles. The van der Waals surface area contributed by atoms with Crippen LogP contribution < -0.4 is 10.6 Å². The van der Waals surface area contributed by atoms with Crippen LogP contribution in [0.15, 0.2) is 24.3 Å². The van der Waals surface area contributed by atoms with Gasteiger partial charge < -0.3 is 20.4 Å². The summed E-state index contributed by atoms with van der Waals surface area (Å²) in [7, 11) is 0. The van der Waals surface area contributed by atoms with Gasteiger partial charge in [0.2, 0.25) is 17.7 Å². The predicted octanol–water partition coefficient (Wildman–Crippen LogP) is -0.0944. The number of piperazine rings is 2. The molecule has 1 aromatic carbocycles. The van der Waals surface area contributed by atoms with E-state index < -0.39 is 12.1 Å². The van der Waals surface area contributed by atoms with Gasteiger partial charge >= 0.3 is 0 Å². The molecular weight excluding hydrogens is 363 g/mol. The van der Waals surface area contributed by atoms with E-state index in [4.69, 9.17) is 0 Å². The Kier molecular flexibility index (Phi) is 5.30. The summed E-state index contributed by atoms with van der Waals surface area (Å²) in [6.07, 6.45) is 1.95. The molecule has 0 radical (unpaired) electrons. The van der Waals surface area contributed by atoms with Gasteiger partial charge in [-0.3, -0.25) is 14.4 Å². The Labute approximate surface area is 163 Å². The van der Waals surface area contributed by atoms with E-state index in [0.29, 0.717) is 19.5 Å². The Bertz CT molecular complexity index is 763. The van der Waals surface area contributed by atoms with Gasteiger partial charge in [-0.05, 0) is 43.6 Å². The number of hydrogen-bond acceptors (Lipinski definition) is 4. The van der Waals surface area contributed by atoms with Crippen LogP contribution in [0.25, 0.3) is 0 Å². The molecule has 7 nitrogen and oxygen atoms in total. The zero-order valence-corrected chi connectivity index (χ0v) is 15.7. The molecule has 8 heteroatoms. The van der Waals surface area contributed by atoms with Crippen molar-refractivity contribution in [2.24, 2.45) is 5.92 Å². The normalized spacial score (nSPS) is 26.0. The average Bonchev–Trinajstić information content (AvgIpc) is 2.73. The molecule has 0 saturated carbocycles. The highest BCUT2D eigenvalue weighted by Gasteiger charge is 2.44.